The molecule has 1 unspecified atom stereocenters. The number of hydrogen-bond acceptors (Lipinski definition) is 3. The minimum Gasteiger partial charge on any atom is -0.379 e. The maximum absolute atomic E-state index is 11.2. The van der Waals surface area contributed by atoms with E-state index in [1.807, 2.05) is 0 Å². The summed E-state index contributed by atoms with van der Waals surface area (Å²) in [6.07, 6.45) is 1.34. The number of amides is 1. The third-order valence-corrected chi connectivity index (χ3v) is 2.15. The van der Waals surface area contributed by atoms with Crippen LogP contribution in [0.25, 0.3) is 0 Å². The molecule has 92 valence electrons. The SMILES string of the molecule is COC(CNC(=O)CCCN)C(C)C.Cl. The summed E-state index contributed by atoms with van der Waals surface area (Å²) in [5, 5.41) is 2.83. The van der Waals surface area contributed by atoms with Crippen LogP contribution in [0.2, 0.25) is 0 Å². The molecular weight excluding hydrogens is 216 g/mol. The Morgan fingerprint density at radius 2 is 2.07 bits per heavy atom. The first kappa shape index (κ1) is 17.1. The number of hydrogen-bond donors (Lipinski definition) is 2. The predicted molar refractivity (Wildman–Crippen MR) is 64.2 cm³/mol. The lowest BCUT2D eigenvalue weighted by atomic mass is 10.1. The Labute approximate surface area is 98.3 Å². The van der Waals surface area contributed by atoms with E-state index in [4.69, 9.17) is 10.5 Å². The highest BCUT2D eigenvalue weighted by atomic mass is 35.5. The first-order valence-electron chi connectivity index (χ1n) is 5.11. The van der Waals surface area contributed by atoms with E-state index in [0.29, 0.717) is 25.4 Å². The van der Waals surface area contributed by atoms with E-state index in [1.165, 1.54) is 0 Å². The largest absolute Gasteiger partial charge is 0.379 e. The van der Waals surface area contributed by atoms with Crippen LogP contribution in [0.3, 0.4) is 0 Å². The summed E-state index contributed by atoms with van der Waals surface area (Å²) in [6.45, 7) is 5.28. The second-order valence-electron chi connectivity index (χ2n) is 3.71. The number of methoxy groups -OCH3 is 1. The first-order chi connectivity index (χ1) is 6.61. The number of nitrogens with one attached hydrogen (secondary N) is 1. The highest BCUT2D eigenvalue weighted by Crippen LogP contribution is 2.03. The molecule has 0 aliphatic rings. The Balaban J connectivity index is 0. The average molecular weight is 239 g/mol. The minimum atomic E-state index is 0. The second-order valence-corrected chi connectivity index (χ2v) is 3.71. The van der Waals surface area contributed by atoms with Crippen LogP contribution in [-0.4, -0.2) is 32.2 Å². The number of carbonyl (C=O) groups excluding carboxylic acids is 1. The smallest absolute Gasteiger partial charge is 0.220 e. The van der Waals surface area contributed by atoms with Crippen LogP contribution in [-0.2, 0) is 9.53 Å². The van der Waals surface area contributed by atoms with Crippen molar-refractivity contribution in [1.29, 1.82) is 0 Å². The standard InChI is InChI=1S/C10H22N2O2.ClH/c1-8(2)9(14-3)7-12-10(13)5-4-6-11;/h8-9H,4-7,11H2,1-3H3,(H,12,13);1H. The quantitative estimate of drug-likeness (QED) is 0.694. The fraction of sp³-hybridized carbons (Fsp3) is 0.900. The van der Waals surface area contributed by atoms with Crippen molar-refractivity contribution in [2.75, 3.05) is 20.2 Å². The summed E-state index contributed by atoms with van der Waals surface area (Å²) in [4.78, 5) is 11.2. The topological polar surface area (TPSA) is 64.3 Å². The van der Waals surface area contributed by atoms with E-state index >= 15 is 0 Å². The summed E-state index contributed by atoms with van der Waals surface area (Å²) < 4.78 is 5.23. The van der Waals surface area contributed by atoms with Crippen LogP contribution in [0.1, 0.15) is 26.7 Å². The van der Waals surface area contributed by atoms with E-state index in [2.05, 4.69) is 19.2 Å². The van der Waals surface area contributed by atoms with Crippen molar-refractivity contribution in [3.63, 3.8) is 0 Å². The maximum Gasteiger partial charge on any atom is 0.220 e. The minimum absolute atomic E-state index is 0. The number of nitrogens with two attached hydrogens (primary N) is 1. The lowest BCUT2D eigenvalue weighted by molar-refractivity contribution is -0.121. The van der Waals surface area contributed by atoms with Crippen LogP contribution in [0, 0.1) is 5.92 Å². The molecule has 1 atom stereocenters. The molecule has 15 heavy (non-hydrogen) atoms. The Morgan fingerprint density at radius 1 is 1.47 bits per heavy atom. The van der Waals surface area contributed by atoms with Crippen LogP contribution < -0.4 is 11.1 Å². The number of rotatable bonds is 7. The van der Waals surface area contributed by atoms with E-state index in [1.54, 1.807) is 7.11 Å². The van der Waals surface area contributed by atoms with E-state index in [9.17, 15) is 4.79 Å². The van der Waals surface area contributed by atoms with Gasteiger partial charge < -0.3 is 15.8 Å². The van der Waals surface area contributed by atoms with Gasteiger partial charge in [0.05, 0.1) is 6.10 Å². The monoisotopic (exact) mass is 238 g/mol. The van der Waals surface area contributed by atoms with Gasteiger partial charge in [-0.2, -0.15) is 0 Å². The van der Waals surface area contributed by atoms with Gasteiger partial charge in [0.2, 0.25) is 5.91 Å². The van der Waals surface area contributed by atoms with Crippen molar-refractivity contribution in [1.82, 2.24) is 5.32 Å². The number of ether oxygens (including phenoxy) is 1. The van der Waals surface area contributed by atoms with Gasteiger partial charge in [-0.25, -0.2) is 0 Å². The van der Waals surface area contributed by atoms with Crippen molar-refractivity contribution in [3.05, 3.63) is 0 Å². The highest BCUT2D eigenvalue weighted by molar-refractivity contribution is 5.85. The van der Waals surface area contributed by atoms with Crippen molar-refractivity contribution in [2.24, 2.45) is 11.7 Å². The molecule has 0 saturated carbocycles. The van der Waals surface area contributed by atoms with Crippen LogP contribution >= 0.6 is 12.4 Å². The summed E-state index contributed by atoms with van der Waals surface area (Å²) in [5.74, 6) is 0.466. The maximum atomic E-state index is 11.2. The molecule has 0 aromatic carbocycles. The molecule has 5 heteroatoms. The normalized spacial score (nSPS) is 12.1. The summed E-state index contributed by atoms with van der Waals surface area (Å²) in [5.41, 5.74) is 5.30. The van der Waals surface area contributed by atoms with E-state index in [-0.39, 0.29) is 24.4 Å². The van der Waals surface area contributed by atoms with Gasteiger partial charge in [-0.1, -0.05) is 13.8 Å². The van der Waals surface area contributed by atoms with Crippen molar-refractivity contribution in [2.45, 2.75) is 32.8 Å². The molecule has 0 bridgehead atoms. The molecular formula is C10H23ClN2O2. The zero-order chi connectivity index (χ0) is 11.0. The molecule has 0 spiro atoms. The molecule has 0 aliphatic heterocycles. The summed E-state index contributed by atoms with van der Waals surface area (Å²) in [7, 11) is 1.66. The first-order valence-corrected chi connectivity index (χ1v) is 5.11. The zero-order valence-corrected chi connectivity index (χ0v) is 10.6. The molecule has 0 aliphatic carbocycles. The van der Waals surface area contributed by atoms with Gasteiger partial charge in [-0.05, 0) is 18.9 Å². The van der Waals surface area contributed by atoms with Crippen LogP contribution in [0.4, 0.5) is 0 Å². The molecule has 0 aromatic heterocycles. The average Bonchev–Trinajstić information content (AvgIpc) is 2.15. The van der Waals surface area contributed by atoms with Gasteiger partial charge >= 0.3 is 0 Å². The Hall–Kier alpha value is -0.320. The molecule has 4 nitrogen and oxygen atoms in total. The third-order valence-electron chi connectivity index (χ3n) is 2.15. The summed E-state index contributed by atoms with van der Waals surface area (Å²) >= 11 is 0. The molecule has 0 heterocycles. The van der Waals surface area contributed by atoms with Gasteiger partial charge in [0.25, 0.3) is 0 Å². The second kappa shape index (κ2) is 10.2. The molecule has 0 saturated heterocycles. The Bertz CT molecular complexity index is 166. The van der Waals surface area contributed by atoms with Crippen molar-refractivity contribution < 1.29 is 9.53 Å². The Kier molecular flexibility index (Phi) is 11.6. The molecule has 0 radical (unpaired) electrons. The number of halogens is 1. The lowest BCUT2D eigenvalue weighted by Gasteiger charge is -2.19. The number of carbonyl (C=O) groups is 1. The van der Waals surface area contributed by atoms with E-state index in [0.717, 1.165) is 6.42 Å². The van der Waals surface area contributed by atoms with Gasteiger partial charge in [-0.15, -0.1) is 12.4 Å². The molecule has 3 N–H and O–H groups in total. The van der Waals surface area contributed by atoms with E-state index < -0.39 is 0 Å². The summed E-state index contributed by atoms with van der Waals surface area (Å²) in [6, 6.07) is 0. The fourth-order valence-electron chi connectivity index (χ4n) is 1.16. The van der Waals surface area contributed by atoms with Crippen LogP contribution in [0.15, 0.2) is 0 Å². The zero-order valence-electron chi connectivity index (χ0n) is 9.79. The molecule has 0 fully saturated rings. The van der Waals surface area contributed by atoms with Crippen molar-refractivity contribution in [3.8, 4) is 0 Å². The van der Waals surface area contributed by atoms with Gasteiger partial charge in [0.15, 0.2) is 0 Å². The predicted octanol–water partition coefficient (Wildman–Crippen LogP) is 0.934. The fourth-order valence-corrected chi connectivity index (χ4v) is 1.16. The van der Waals surface area contributed by atoms with Gasteiger partial charge in [0, 0.05) is 20.1 Å². The van der Waals surface area contributed by atoms with Crippen LogP contribution in [0.5, 0.6) is 0 Å². The molecule has 0 aromatic rings. The van der Waals surface area contributed by atoms with Crippen molar-refractivity contribution >= 4 is 18.3 Å². The molecule has 1 amide bonds. The van der Waals surface area contributed by atoms with Gasteiger partial charge in [0.1, 0.15) is 0 Å². The van der Waals surface area contributed by atoms with Gasteiger partial charge in [-0.3, -0.25) is 4.79 Å². The highest BCUT2D eigenvalue weighted by Gasteiger charge is 2.12. The lowest BCUT2D eigenvalue weighted by Crippen LogP contribution is -2.36. The Morgan fingerprint density at radius 3 is 2.47 bits per heavy atom. The molecule has 0 rings (SSSR count). The third kappa shape index (κ3) is 8.66.